The molecule has 0 aliphatic carbocycles. The van der Waals surface area contributed by atoms with Gasteiger partial charge in [0.2, 0.25) is 5.76 Å². The Morgan fingerprint density at radius 1 is 1.19 bits per heavy atom. The maximum Gasteiger partial charge on any atom is 0.289 e. The van der Waals surface area contributed by atoms with Crippen molar-refractivity contribution < 1.29 is 13.6 Å². The first-order valence-electron chi connectivity index (χ1n) is 6.45. The van der Waals surface area contributed by atoms with Gasteiger partial charge in [-0.15, -0.1) is 0 Å². The van der Waals surface area contributed by atoms with Gasteiger partial charge in [0.1, 0.15) is 11.4 Å². The van der Waals surface area contributed by atoms with Crippen LogP contribution in [0, 0.1) is 5.82 Å². The Labute approximate surface area is 120 Å². The van der Waals surface area contributed by atoms with Crippen molar-refractivity contribution in [1.82, 2.24) is 5.32 Å². The number of carbonyl (C=O) groups excluding carboxylic acids is 1. The molecule has 0 fully saturated rings. The summed E-state index contributed by atoms with van der Waals surface area (Å²) in [6.45, 7) is 0.366. The molecule has 0 aliphatic heterocycles. The van der Waals surface area contributed by atoms with Crippen LogP contribution in [0.2, 0.25) is 0 Å². The van der Waals surface area contributed by atoms with Gasteiger partial charge in [-0.1, -0.05) is 30.3 Å². The van der Waals surface area contributed by atoms with Gasteiger partial charge in [0.15, 0.2) is 0 Å². The minimum absolute atomic E-state index is 0.00605. The fourth-order valence-electron chi connectivity index (χ4n) is 2.12. The second-order valence-electron chi connectivity index (χ2n) is 4.65. The number of hydrogen-bond donors (Lipinski definition) is 2. The van der Waals surface area contributed by atoms with E-state index in [0.29, 0.717) is 17.5 Å². The van der Waals surface area contributed by atoms with Crippen LogP contribution in [0.1, 0.15) is 16.1 Å². The number of furan rings is 1. The lowest BCUT2D eigenvalue weighted by atomic mass is 10.2. The summed E-state index contributed by atoms with van der Waals surface area (Å²) in [6.07, 6.45) is 0. The molecule has 0 saturated carbocycles. The van der Waals surface area contributed by atoms with E-state index < -0.39 is 11.7 Å². The van der Waals surface area contributed by atoms with Gasteiger partial charge >= 0.3 is 0 Å². The lowest BCUT2D eigenvalue weighted by molar-refractivity contribution is 0.0926. The fraction of sp³-hybridized carbons (Fsp3) is 0.0625. The van der Waals surface area contributed by atoms with Crippen molar-refractivity contribution in [1.29, 1.82) is 0 Å². The number of nitrogens with one attached hydrogen (secondary N) is 1. The van der Waals surface area contributed by atoms with Crippen LogP contribution in [-0.2, 0) is 6.54 Å². The molecule has 5 heteroatoms. The molecular formula is C16H13FN2O2. The molecule has 3 N–H and O–H groups in total. The number of amides is 1. The molecule has 3 aromatic rings. The van der Waals surface area contributed by atoms with Crippen molar-refractivity contribution in [3.8, 4) is 0 Å². The predicted octanol–water partition coefficient (Wildman–Crippen LogP) is 3.08. The van der Waals surface area contributed by atoms with E-state index in [1.54, 1.807) is 0 Å². The summed E-state index contributed by atoms with van der Waals surface area (Å²) in [5.74, 6) is -0.842. The zero-order valence-corrected chi connectivity index (χ0v) is 11.1. The first-order chi connectivity index (χ1) is 10.1. The number of rotatable bonds is 3. The molecule has 0 saturated heterocycles. The second-order valence-corrected chi connectivity index (χ2v) is 4.65. The van der Waals surface area contributed by atoms with Gasteiger partial charge in [0, 0.05) is 11.9 Å². The van der Waals surface area contributed by atoms with Crippen LogP contribution in [0.5, 0.6) is 0 Å². The van der Waals surface area contributed by atoms with Crippen LogP contribution < -0.4 is 11.1 Å². The summed E-state index contributed by atoms with van der Waals surface area (Å²) < 4.78 is 18.6. The molecule has 0 aliphatic rings. The summed E-state index contributed by atoms with van der Waals surface area (Å²) in [7, 11) is 0. The Balaban J connectivity index is 1.83. The molecule has 1 amide bonds. The standard InChI is InChI=1S/C16H13FN2O2/c17-11-6-7-13-12(8-11)14(18)15(21-13)16(20)19-9-10-4-2-1-3-5-10/h1-8H,9,18H2,(H,19,20). The zero-order chi connectivity index (χ0) is 14.8. The van der Waals surface area contributed by atoms with Crippen molar-refractivity contribution >= 4 is 22.6 Å². The number of halogens is 1. The van der Waals surface area contributed by atoms with E-state index in [9.17, 15) is 9.18 Å². The summed E-state index contributed by atoms with van der Waals surface area (Å²) in [5.41, 5.74) is 7.36. The topological polar surface area (TPSA) is 68.3 Å². The van der Waals surface area contributed by atoms with Crippen LogP contribution in [-0.4, -0.2) is 5.91 Å². The minimum Gasteiger partial charge on any atom is -0.449 e. The van der Waals surface area contributed by atoms with E-state index in [-0.39, 0.29) is 11.4 Å². The van der Waals surface area contributed by atoms with E-state index in [4.69, 9.17) is 10.2 Å². The average Bonchev–Trinajstić information content (AvgIpc) is 2.83. The highest BCUT2D eigenvalue weighted by atomic mass is 19.1. The molecule has 1 heterocycles. The third-order valence-electron chi connectivity index (χ3n) is 3.19. The SMILES string of the molecule is Nc1c(C(=O)NCc2ccccc2)oc2ccc(F)cc12. The molecule has 0 unspecified atom stereocenters. The third kappa shape index (κ3) is 2.58. The van der Waals surface area contributed by atoms with Crippen LogP contribution >= 0.6 is 0 Å². The highest BCUT2D eigenvalue weighted by Crippen LogP contribution is 2.28. The average molecular weight is 284 g/mol. The van der Waals surface area contributed by atoms with Crippen molar-refractivity contribution in [3.05, 3.63) is 65.7 Å². The molecule has 1 aromatic heterocycles. The molecule has 3 rings (SSSR count). The minimum atomic E-state index is -0.425. The number of hydrogen-bond acceptors (Lipinski definition) is 3. The monoisotopic (exact) mass is 284 g/mol. The predicted molar refractivity (Wildman–Crippen MR) is 78.2 cm³/mol. The molecule has 106 valence electrons. The van der Waals surface area contributed by atoms with Gasteiger partial charge in [0.25, 0.3) is 5.91 Å². The summed E-state index contributed by atoms with van der Waals surface area (Å²) in [4.78, 5) is 12.1. The maximum atomic E-state index is 13.2. The van der Waals surface area contributed by atoms with Gasteiger partial charge in [-0.3, -0.25) is 4.79 Å². The van der Waals surface area contributed by atoms with Crippen molar-refractivity contribution in [2.24, 2.45) is 0 Å². The number of benzene rings is 2. The van der Waals surface area contributed by atoms with Crippen molar-refractivity contribution in [2.45, 2.75) is 6.54 Å². The zero-order valence-electron chi connectivity index (χ0n) is 11.1. The van der Waals surface area contributed by atoms with Gasteiger partial charge in [-0.2, -0.15) is 0 Å². The molecule has 0 radical (unpaired) electrons. The van der Waals surface area contributed by atoms with E-state index in [2.05, 4.69) is 5.32 Å². The number of fused-ring (bicyclic) bond motifs is 1. The first-order valence-corrected chi connectivity index (χ1v) is 6.45. The highest BCUT2D eigenvalue weighted by Gasteiger charge is 2.18. The Bertz CT molecular complexity index is 797. The van der Waals surface area contributed by atoms with Gasteiger partial charge in [-0.05, 0) is 23.8 Å². The van der Waals surface area contributed by atoms with Crippen LogP contribution in [0.4, 0.5) is 10.1 Å². The Hall–Kier alpha value is -2.82. The van der Waals surface area contributed by atoms with Gasteiger partial charge in [0.05, 0.1) is 5.69 Å². The number of carbonyl (C=O) groups is 1. The molecule has 21 heavy (non-hydrogen) atoms. The van der Waals surface area contributed by atoms with Crippen LogP contribution in [0.15, 0.2) is 52.9 Å². The van der Waals surface area contributed by atoms with E-state index >= 15 is 0 Å². The lowest BCUT2D eigenvalue weighted by Gasteiger charge is -2.03. The second kappa shape index (κ2) is 5.28. The summed E-state index contributed by atoms with van der Waals surface area (Å²) >= 11 is 0. The molecule has 0 atom stereocenters. The van der Waals surface area contributed by atoms with Crippen LogP contribution in [0.3, 0.4) is 0 Å². The summed E-state index contributed by atoms with van der Waals surface area (Å²) in [5, 5.41) is 3.13. The number of anilines is 1. The van der Waals surface area contributed by atoms with E-state index in [1.165, 1.54) is 18.2 Å². The Morgan fingerprint density at radius 3 is 2.71 bits per heavy atom. The highest BCUT2D eigenvalue weighted by molar-refractivity contribution is 6.05. The van der Waals surface area contributed by atoms with Gasteiger partial charge < -0.3 is 15.5 Å². The van der Waals surface area contributed by atoms with Crippen molar-refractivity contribution in [3.63, 3.8) is 0 Å². The maximum absolute atomic E-state index is 13.2. The smallest absolute Gasteiger partial charge is 0.289 e. The molecule has 2 aromatic carbocycles. The normalized spacial score (nSPS) is 10.7. The third-order valence-corrected chi connectivity index (χ3v) is 3.19. The van der Waals surface area contributed by atoms with E-state index in [0.717, 1.165) is 5.56 Å². The quantitative estimate of drug-likeness (QED) is 0.776. The number of nitrogen functional groups attached to an aromatic ring is 1. The summed E-state index contributed by atoms with van der Waals surface area (Å²) in [6, 6.07) is 13.4. The van der Waals surface area contributed by atoms with Crippen LogP contribution in [0.25, 0.3) is 11.0 Å². The largest absolute Gasteiger partial charge is 0.449 e. The number of nitrogens with two attached hydrogens (primary N) is 1. The van der Waals surface area contributed by atoms with Gasteiger partial charge in [-0.25, -0.2) is 4.39 Å². The van der Waals surface area contributed by atoms with Crippen molar-refractivity contribution in [2.75, 3.05) is 5.73 Å². The fourth-order valence-corrected chi connectivity index (χ4v) is 2.12. The molecule has 0 bridgehead atoms. The first kappa shape index (κ1) is 13.2. The van der Waals surface area contributed by atoms with E-state index in [1.807, 2.05) is 30.3 Å². The lowest BCUT2D eigenvalue weighted by Crippen LogP contribution is -2.23. The molecular weight excluding hydrogens is 271 g/mol. The Morgan fingerprint density at radius 2 is 1.95 bits per heavy atom. The molecule has 0 spiro atoms. The Kier molecular flexibility index (Phi) is 3.31. The molecule has 4 nitrogen and oxygen atoms in total.